The van der Waals surface area contributed by atoms with E-state index >= 15 is 0 Å². The van der Waals surface area contributed by atoms with Gasteiger partial charge in [0.2, 0.25) is 0 Å². The number of rotatable bonds is 2. The van der Waals surface area contributed by atoms with Crippen molar-refractivity contribution < 1.29 is 4.74 Å². The first-order valence-electron chi connectivity index (χ1n) is 3.80. The molecular formula is C8H10N2OS. The molecule has 4 heteroatoms. The average molecular weight is 182 g/mol. The molecule has 1 aliphatic rings. The van der Waals surface area contributed by atoms with Gasteiger partial charge in [-0.2, -0.15) is 0 Å². The number of anilines is 1. The van der Waals surface area contributed by atoms with Gasteiger partial charge in [-0.15, -0.1) is 11.8 Å². The molecule has 1 aromatic heterocycles. The molecule has 0 bridgehead atoms. The van der Waals surface area contributed by atoms with Crippen LogP contribution in [0.25, 0.3) is 0 Å². The predicted molar refractivity (Wildman–Crippen MR) is 49.1 cm³/mol. The average Bonchev–Trinajstić information content (AvgIpc) is 2.00. The number of nitrogens with two attached hydrogens (primary N) is 1. The van der Waals surface area contributed by atoms with Gasteiger partial charge in [-0.3, -0.25) is 0 Å². The van der Waals surface area contributed by atoms with Gasteiger partial charge in [-0.25, -0.2) is 4.98 Å². The summed E-state index contributed by atoms with van der Waals surface area (Å²) >= 11 is 1.80. The van der Waals surface area contributed by atoms with E-state index in [1.807, 2.05) is 12.1 Å². The summed E-state index contributed by atoms with van der Waals surface area (Å²) in [6, 6.07) is 3.81. The van der Waals surface area contributed by atoms with E-state index in [0.717, 1.165) is 18.1 Å². The number of aromatic nitrogens is 1. The number of ether oxygens (including phenoxy) is 1. The highest BCUT2D eigenvalue weighted by Gasteiger charge is 2.19. The summed E-state index contributed by atoms with van der Waals surface area (Å²) in [5, 5.41) is 0.607. The van der Waals surface area contributed by atoms with Crippen molar-refractivity contribution in [3.05, 3.63) is 18.3 Å². The van der Waals surface area contributed by atoms with Crippen LogP contribution < -0.4 is 5.73 Å². The lowest BCUT2D eigenvalue weighted by Gasteiger charge is -2.24. The molecule has 0 unspecified atom stereocenters. The quantitative estimate of drug-likeness (QED) is 0.745. The molecule has 64 valence electrons. The summed E-state index contributed by atoms with van der Waals surface area (Å²) in [5.74, 6) is 0.573. The molecule has 0 aliphatic carbocycles. The maximum absolute atomic E-state index is 5.46. The van der Waals surface area contributed by atoms with Crippen LogP contribution in [0.2, 0.25) is 0 Å². The molecule has 1 aliphatic heterocycles. The van der Waals surface area contributed by atoms with Crippen LogP contribution in [0.4, 0.5) is 5.82 Å². The minimum atomic E-state index is 0.573. The van der Waals surface area contributed by atoms with Crippen molar-refractivity contribution in [3.8, 4) is 0 Å². The van der Waals surface area contributed by atoms with E-state index in [1.165, 1.54) is 0 Å². The number of pyridine rings is 1. The van der Waals surface area contributed by atoms with E-state index in [-0.39, 0.29) is 0 Å². The second-order valence-corrected chi connectivity index (χ2v) is 4.07. The summed E-state index contributed by atoms with van der Waals surface area (Å²) in [5.41, 5.74) is 5.46. The minimum Gasteiger partial charge on any atom is -0.384 e. The van der Waals surface area contributed by atoms with Crippen LogP contribution in [0.5, 0.6) is 0 Å². The zero-order chi connectivity index (χ0) is 8.39. The van der Waals surface area contributed by atoms with Gasteiger partial charge in [-0.05, 0) is 12.1 Å². The summed E-state index contributed by atoms with van der Waals surface area (Å²) in [6.07, 6.45) is 1.80. The first kappa shape index (κ1) is 7.89. The highest BCUT2D eigenvalue weighted by atomic mass is 32.2. The van der Waals surface area contributed by atoms with Gasteiger partial charge < -0.3 is 10.5 Å². The molecule has 12 heavy (non-hydrogen) atoms. The standard InChI is InChI=1S/C8H10N2OS/c9-8-2-1-6(3-10-8)12-7-4-11-5-7/h1-3,7H,4-5H2,(H2,9,10). The highest BCUT2D eigenvalue weighted by molar-refractivity contribution is 8.00. The van der Waals surface area contributed by atoms with Crippen LogP contribution in [-0.4, -0.2) is 23.4 Å². The molecule has 2 heterocycles. The topological polar surface area (TPSA) is 48.1 Å². The Bertz CT molecular complexity index is 258. The lowest BCUT2D eigenvalue weighted by atomic mass is 10.4. The fourth-order valence-electron chi connectivity index (χ4n) is 0.936. The molecule has 2 N–H and O–H groups in total. The molecule has 3 nitrogen and oxygen atoms in total. The second kappa shape index (κ2) is 3.33. The number of nitrogens with zero attached hydrogens (tertiary/aromatic N) is 1. The zero-order valence-electron chi connectivity index (χ0n) is 6.56. The fraction of sp³-hybridized carbons (Fsp3) is 0.375. The van der Waals surface area contributed by atoms with Gasteiger partial charge in [-0.1, -0.05) is 0 Å². The summed E-state index contributed by atoms with van der Waals surface area (Å²) in [4.78, 5) is 5.17. The first-order valence-corrected chi connectivity index (χ1v) is 4.68. The maximum atomic E-state index is 5.46. The largest absolute Gasteiger partial charge is 0.384 e. The smallest absolute Gasteiger partial charge is 0.123 e. The number of hydrogen-bond donors (Lipinski definition) is 1. The van der Waals surface area contributed by atoms with Crippen LogP contribution in [0.3, 0.4) is 0 Å². The molecule has 2 rings (SSSR count). The van der Waals surface area contributed by atoms with Crippen LogP contribution in [0.15, 0.2) is 23.2 Å². The van der Waals surface area contributed by atoms with Crippen molar-refractivity contribution >= 4 is 17.6 Å². The van der Waals surface area contributed by atoms with Gasteiger partial charge in [0.05, 0.1) is 18.5 Å². The Morgan fingerprint density at radius 2 is 2.33 bits per heavy atom. The van der Waals surface area contributed by atoms with Crippen molar-refractivity contribution in [1.29, 1.82) is 0 Å². The van der Waals surface area contributed by atoms with E-state index < -0.39 is 0 Å². The van der Waals surface area contributed by atoms with Gasteiger partial charge in [0.1, 0.15) is 5.82 Å². The summed E-state index contributed by atoms with van der Waals surface area (Å²) in [7, 11) is 0. The van der Waals surface area contributed by atoms with Crippen LogP contribution in [0.1, 0.15) is 0 Å². The Labute approximate surface area is 75.3 Å². The molecule has 1 aromatic rings. The molecule has 1 fully saturated rings. The third-order valence-electron chi connectivity index (χ3n) is 1.67. The Morgan fingerprint density at radius 3 is 2.83 bits per heavy atom. The molecule has 1 saturated heterocycles. The van der Waals surface area contributed by atoms with Gasteiger partial charge in [0, 0.05) is 11.1 Å². The van der Waals surface area contributed by atoms with Gasteiger partial charge in [0.25, 0.3) is 0 Å². The third kappa shape index (κ3) is 1.70. The van der Waals surface area contributed by atoms with Crippen LogP contribution >= 0.6 is 11.8 Å². The second-order valence-electron chi connectivity index (χ2n) is 2.70. The fourth-order valence-corrected chi connectivity index (χ4v) is 1.91. The van der Waals surface area contributed by atoms with Crippen molar-refractivity contribution in [2.24, 2.45) is 0 Å². The number of thioether (sulfide) groups is 1. The number of nitrogen functional groups attached to an aromatic ring is 1. The third-order valence-corrected chi connectivity index (χ3v) is 2.79. The highest BCUT2D eigenvalue weighted by Crippen LogP contribution is 2.27. The van der Waals surface area contributed by atoms with E-state index in [1.54, 1.807) is 18.0 Å². The molecule has 0 radical (unpaired) electrons. The van der Waals surface area contributed by atoms with E-state index in [4.69, 9.17) is 10.5 Å². The molecule has 0 amide bonds. The van der Waals surface area contributed by atoms with Crippen molar-refractivity contribution in [3.63, 3.8) is 0 Å². The van der Waals surface area contributed by atoms with Gasteiger partial charge >= 0.3 is 0 Å². The molecule has 0 spiro atoms. The van der Waals surface area contributed by atoms with E-state index in [2.05, 4.69) is 4.98 Å². The van der Waals surface area contributed by atoms with Crippen molar-refractivity contribution in [2.45, 2.75) is 10.1 Å². The Hall–Kier alpha value is -0.740. The van der Waals surface area contributed by atoms with Crippen molar-refractivity contribution in [1.82, 2.24) is 4.98 Å². The first-order chi connectivity index (χ1) is 5.84. The molecule has 0 atom stereocenters. The monoisotopic (exact) mass is 182 g/mol. The Kier molecular flexibility index (Phi) is 2.19. The SMILES string of the molecule is Nc1ccc(SC2COC2)cn1. The van der Waals surface area contributed by atoms with Crippen LogP contribution in [-0.2, 0) is 4.74 Å². The molecule has 0 saturated carbocycles. The van der Waals surface area contributed by atoms with E-state index in [9.17, 15) is 0 Å². The predicted octanol–water partition coefficient (Wildman–Crippen LogP) is 1.15. The lowest BCUT2D eigenvalue weighted by Crippen LogP contribution is -2.30. The summed E-state index contributed by atoms with van der Waals surface area (Å²) < 4.78 is 5.06. The Balaban J connectivity index is 1.98. The van der Waals surface area contributed by atoms with Crippen molar-refractivity contribution in [2.75, 3.05) is 18.9 Å². The van der Waals surface area contributed by atoms with Crippen LogP contribution in [0, 0.1) is 0 Å². The summed E-state index contributed by atoms with van der Waals surface area (Å²) in [6.45, 7) is 1.71. The van der Waals surface area contributed by atoms with E-state index in [0.29, 0.717) is 11.1 Å². The Morgan fingerprint density at radius 1 is 1.50 bits per heavy atom. The zero-order valence-corrected chi connectivity index (χ0v) is 7.38. The molecular weight excluding hydrogens is 172 g/mol. The normalized spacial score (nSPS) is 17.3. The number of hydrogen-bond acceptors (Lipinski definition) is 4. The lowest BCUT2D eigenvalue weighted by molar-refractivity contribution is 0.0455. The van der Waals surface area contributed by atoms with Gasteiger partial charge in [0.15, 0.2) is 0 Å². The minimum absolute atomic E-state index is 0.573. The maximum Gasteiger partial charge on any atom is 0.123 e. The molecule has 0 aromatic carbocycles.